The van der Waals surface area contributed by atoms with Crippen LogP contribution in [0, 0.1) is 6.92 Å². The van der Waals surface area contributed by atoms with Crippen LogP contribution in [0.1, 0.15) is 23.4 Å². The average molecular weight is 306 g/mol. The van der Waals surface area contributed by atoms with Crippen LogP contribution in [-0.2, 0) is 21.5 Å². The van der Waals surface area contributed by atoms with E-state index in [1.165, 1.54) is 11.3 Å². The summed E-state index contributed by atoms with van der Waals surface area (Å²) in [6.07, 6.45) is 1.09. The van der Waals surface area contributed by atoms with E-state index in [-0.39, 0.29) is 5.41 Å². The van der Waals surface area contributed by atoms with Crippen molar-refractivity contribution < 1.29 is 9.47 Å². The van der Waals surface area contributed by atoms with Crippen molar-refractivity contribution in [2.75, 3.05) is 59.0 Å². The van der Waals surface area contributed by atoms with Gasteiger partial charge in [-0.15, -0.1) is 0 Å². The Morgan fingerprint density at radius 3 is 2.91 bits per heavy atom. The summed E-state index contributed by atoms with van der Waals surface area (Å²) in [5.41, 5.74) is 3.45. The molecule has 0 aliphatic carbocycles. The standard InChI is InChI=1S/C16H26N4O2/c1-12-13-9-22-11-16(5-6-20(10-16)7-8-21-4)14(13)18-15(17-12)19(2)3/h5-11H2,1-4H3. The van der Waals surface area contributed by atoms with Crippen LogP contribution in [0.2, 0.25) is 0 Å². The maximum absolute atomic E-state index is 5.92. The van der Waals surface area contributed by atoms with E-state index in [2.05, 4.69) is 16.8 Å². The summed E-state index contributed by atoms with van der Waals surface area (Å²) >= 11 is 0. The number of methoxy groups -OCH3 is 1. The number of rotatable bonds is 4. The van der Waals surface area contributed by atoms with Crippen molar-refractivity contribution in [3.63, 3.8) is 0 Å². The molecule has 1 fully saturated rings. The summed E-state index contributed by atoms with van der Waals surface area (Å²) < 4.78 is 11.1. The molecule has 0 aromatic carbocycles. The Morgan fingerprint density at radius 1 is 1.36 bits per heavy atom. The van der Waals surface area contributed by atoms with Gasteiger partial charge < -0.3 is 14.4 Å². The molecule has 0 bridgehead atoms. The molecule has 1 atom stereocenters. The maximum Gasteiger partial charge on any atom is 0.225 e. The van der Waals surface area contributed by atoms with Gasteiger partial charge in [-0.1, -0.05) is 0 Å². The zero-order valence-corrected chi connectivity index (χ0v) is 14.1. The molecule has 22 heavy (non-hydrogen) atoms. The van der Waals surface area contributed by atoms with Crippen LogP contribution in [0.4, 0.5) is 5.95 Å². The Kier molecular flexibility index (Phi) is 4.34. The van der Waals surface area contributed by atoms with Crippen molar-refractivity contribution in [1.29, 1.82) is 0 Å². The van der Waals surface area contributed by atoms with E-state index < -0.39 is 0 Å². The van der Waals surface area contributed by atoms with E-state index in [9.17, 15) is 0 Å². The van der Waals surface area contributed by atoms with Gasteiger partial charge in [0.15, 0.2) is 0 Å². The van der Waals surface area contributed by atoms with E-state index in [1.54, 1.807) is 7.11 Å². The molecule has 1 saturated heterocycles. The second-order valence-electron chi connectivity index (χ2n) is 6.62. The first-order chi connectivity index (χ1) is 10.6. The highest BCUT2D eigenvalue weighted by Crippen LogP contribution is 2.40. The Morgan fingerprint density at radius 2 is 2.18 bits per heavy atom. The molecule has 1 aromatic rings. The predicted molar refractivity (Wildman–Crippen MR) is 85.4 cm³/mol. The number of aromatic nitrogens is 2. The SMILES string of the molecule is COCCN1CCC2(COCc3c(C)nc(N(C)C)nc32)C1. The van der Waals surface area contributed by atoms with Gasteiger partial charge in [-0.2, -0.15) is 0 Å². The maximum atomic E-state index is 5.92. The molecule has 2 aliphatic rings. The van der Waals surface area contributed by atoms with Gasteiger partial charge in [-0.05, 0) is 19.9 Å². The van der Waals surface area contributed by atoms with Crippen LogP contribution in [-0.4, -0.2) is 68.9 Å². The number of fused-ring (bicyclic) bond motifs is 2. The van der Waals surface area contributed by atoms with Gasteiger partial charge >= 0.3 is 0 Å². The molecule has 122 valence electrons. The second-order valence-corrected chi connectivity index (χ2v) is 6.62. The third-order valence-corrected chi connectivity index (χ3v) is 4.77. The first-order valence-electron chi connectivity index (χ1n) is 7.90. The normalized spacial score (nSPS) is 24.7. The van der Waals surface area contributed by atoms with Crippen LogP contribution in [0.3, 0.4) is 0 Å². The Balaban J connectivity index is 1.94. The summed E-state index contributed by atoms with van der Waals surface area (Å²) in [6, 6.07) is 0. The van der Waals surface area contributed by atoms with Crippen molar-refractivity contribution in [3.05, 3.63) is 17.0 Å². The minimum absolute atomic E-state index is 0.0137. The minimum atomic E-state index is 0.0137. The minimum Gasteiger partial charge on any atom is -0.383 e. The van der Waals surface area contributed by atoms with Gasteiger partial charge in [0.2, 0.25) is 5.95 Å². The molecule has 1 unspecified atom stereocenters. The van der Waals surface area contributed by atoms with Crippen molar-refractivity contribution in [2.24, 2.45) is 0 Å². The quantitative estimate of drug-likeness (QED) is 0.826. The van der Waals surface area contributed by atoms with E-state index in [0.29, 0.717) is 6.61 Å². The Labute approximate surface area is 132 Å². The molecule has 3 rings (SSSR count). The van der Waals surface area contributed by atoms with Crippen LogP contribution < -0.4 is 4.90 Å². The molecule has 0 saturated carbocycles. The smallest absolute Gasteiger partial charge is 0.225 e. The Bertz CT molecular complexity index is 549. The van der Waals surface area contributed by atoms with Crippen LogP contribution in [0.5, 0.6) is 0 Å². The van der Waals surface area contributed by atoms with E-state index in [4.69, 9.17) is 14.5 Å². The van der Waals surface area contributed by atoms with Crippen molar-refractivity contribution in [2.45, 2.75) is 25.4 Å². The predicted octanol–water partition coefficient (Wildman–Crippen LogP) is 0.971. The number of hydrogen-bond acceptors (Lipinski definition) is 6. The number of aryl methyl sites for hydroxylation is 1. The van der Waals surface area contributed by atoms with Gasteiger partial charge in [0.05, 0.1) is 30.9 Å². The Hall–Kier alpha value is -1.24. The molecule has 3 heterocycles. The van der Waals surface area contributed by atoms with Gasteiger partial charge in [-0.25, -0.2) is 9.97 Å². The average Bonchev–Trinajstić information content (AvgIpc) is 2.90. The molecule has 6 heteroatoms. The molecule has 1 aromatic heterocycles. The number of nitrogens with zero attached hydrogens (tertiary/aromatic N) is 4. The lowest BCUT2D eigenvalue weighted by molar-refractivity contribution is 0.0488. The van der Waals surface area contributed by atoms with E-state index in [1.807, 2.05) is 19.0 Å². The zero-order chi connectivity index (χ0) is 15.7. The van der Waals surface area contributed by atoms with E-state index >= 15 is 0 Å². The van der Waals surface area contributed by atoms with E-state index in [0.717, 1.165) is 50.9 Å². The molecular formula is C16H26N4O2. The number of anilines is 1. The van der Waals surface area contributed by atoms with Crippen LogP contribution >= 0.6 is 0 Å². The highest BCUT2D eigenvalue weighted by Gasteiger charge is 2.45. The molecular weight excluding hydrogens is 280 g/mol. The highest BCUT2D eigenvalue weighted by molar-refractivity contribution is 5.41. The fourth-order valence-corrected chi connectivity index (χ4v) is 3.49. The summed E-state index contributed by atoms with van der Waals surface area (Å²) in [7, 11) is 5.74. The van der Waals surface area contributed by atoms with Gasteiger partial charge in [-0.3, -0.25) is 4.90 Å². The summed E-state index contributed by atoms with van der Waals surface area (Å²) in [5, 5.41) is 0. The van der Waals surface area contributed by atoms with Gasteiger partial charge in [0.25, 0.3) is 0 Å². The zero-order valence-electron chi connectivity index (χ0n) is 14.1. The summed E-state index contributed by atoms with van der Waals surface area (Å²) in [6.45, 7) is 7.27. The van der Waals surface area contributed by atoms with Crippen molar-refractivity contribution >= 4 is 5.95 Å². The molecule has 0 amide bonds. The van der Waals surface area contributed by atoms with Gasteiger partial charge in [0, 0.05) is 45.6 Å². The molecule has 0 N–H and O–H groups in total. The molecule has 1 spiro atoms. The number of likely N-dealkylation sites (tertiary alicyclic amines) is 1. The lowest BCUT2D eigenvalue weighted by Crippen LogP contribution is -2.41. The number of ether oxygens (including phenoxy) is 2. The third-order valence-electron chi connectivity index (χ3n) is 4.77. The lowest BCUT2D eigenvalue weighted by Gasteiger charge is -2.35. The second kappa shape index (κ2) is 6.10. The van der Waals surface area contributed by atoms with Crippen LogP contribution in [0.15, 0.2) is 0 Å². The molecule has 2 aliphatic heterocycles. The van der Waals surface area contributed by atoms with Crippen molar-refractivity contribution in [3.8, 4) is 0 Å². The van der Waals surface area contributed by atoms with Gasteiger partial charge in [0.1, 0.15) is 0 Å². The monoisotopic (exact) mass is 306 g/mol. The number of hydrogen-bond donors (Lipinski definition) is 0. The first kappa shape index (κ1) is 15.6. The fourth-order valence-electron chi connectivity index (χ4n) is 3.49. The molecule has 6 nitrogen and oxygen atoms in total. The molecule has 0 radical (unpaired) electrons. The summed E-state index contributed by atoms with van der Waals surface area (Å²) in [5.74, 6) is 0.799. The van der Waals surface area contributed by atoms with Crippen LogP contribution in [0.25, 0.3) is 0 Å². The summed E-state index contributed by atoms with van der Waals surface area (Å²) in [4.78, 5) is 13.9. The third kappa shape index (κ3) is 2.71. The van der Waals surface area contributed by atoms with Crippen molar-refractivity contribution in [1.82, 2.24) is 14.9 Å². The fraction of sp³-hybridized carbons (Fsp3) is 0.750. The lowest BCUT2D eigenvalue weighted by atomic mass is 9.80. The first-order valence-corrected chi connectivity index (χ1v) is 7.90. The topological polar surface area (TPSA) is 50.7 Å². The highest BCUT2D eigenvalue weighted by atomic mass is 16.5. The largest absolute Gasteiger partial charge is 0.383 e.